The lowest BCUT2D eigenvalue weighted by molar-refractivity contribution is -0.274. The van der Waals surface area contributed by atoms with Crippen LogP contribution < -0.4 is 15.8 Å². The summed E-state index contributed by atoms with van der Waals surface area (Å²) in [4.78, 5) is 4.24. The van der Waals surface area contributed by atoms with Gasteiger partial charge >= 0.3 is 6.36 Å². The number of ether oxygens (including phenoxy) is 2. The van der Waals surface area contributed by atoms with E-state index in [0.29, 0.717) is 30.6 Å². The number of nitrogens with one attached hydrogen (secondary N) is 1. The molecule has 3 rings (SSSR count). The molecule has 3 atom stereocenters. The number of rotatable bonds is 4. The molecular formula is C16H21F3IN3O2. The topological polar surface area (TPSA) is 68.9 Å². The molecule has 2 aliphatic rings. The zero-order chi connectivity index (χ0) is 17.2. The minimum atomic E-state index is -4.68. The molecule has 0 amide bonds. The Bertz CT molecular complexity index is 595. The fraction of sp³-hybridized carbons (Fsp3) is 0.562. The second-order valence-corrected chi connectivity index (χ2v) is 6.10. The van der Waals surface area contributed by atoms with Crippen molar-refractivity contribution in [2.24, 2.45) is 16.6 Å². The Morgan fingerprint density at radius 2 is 2.04 bits per heavy atom. The highest BCUT2D eigenvalue weighted by atomic mass is 127. The Morgan fingerprint density at radius 1 is 1.32 bits per heavy atom. The molecule has 2 fully saturated rings. The van der Waals surface area contributed by atoms with Gasteiger partial charge in [-0.05, 0) is 37.0 Å². The molecule has 140 valence electrons. The molecule has 0 aromatic heterocycles. The van der Waals surface area contributed by atoms with Crippen molar-refractivity contribution < 1.29 is 22.6 Å². The minimum Gasteiger partial charge on any atom is -0.406 e. The van der Waals surface area contributed by atoms with Crippen molar-refractivity contribution in [1.82, 2.24) is 5.32 Å². The highest BCUT2D eigenvalue weighted by Gasteiger charge is 2.43. The molecule has 5 nitrogen and oxygen atoms in total. The van der Waals surface area contributed by atoms with E-state index in [1.165, 1.54) is 24.3 Å². The lowest BCUT2D eigenvalue weighted by atomic mass is 9.72. The summed E-state index contributed by atoms with van der Waals surface area (Å²) in [5.74, 6) is 0.588. The van der Waals surface area contributed by atoms with Gasteiger partial charge in [-0.3, -0.25) is 0 Å². The molecule has 1 heterocycles. The van der Waals surface area contributed by atoms with Crippen molar-refractivity contribution in [2.45, 2.75) is 44.3 Å². The Hall–Kier alpha value is -1.23. The van der Waals surface area contributed by atoms with Gasteiger partial charge in [0.2, 0.25) is 0 Å². The Kier molecular flexibility index (Phi) is 6.78. The zero-order valence-electron chi connectivity index (χ0n) is 13.5. The van der Waals surface area contributed by atoms with E-state index in [9.17, 15) is 13.2 Å². The number of hydrogen-bond acceptors (Lipinski definition) is 3. The quantitative estimate of drug-likeness (QED) is 0.402. The van der Waals surface area contributed by atoms with Gasteiger partial charge in [0.05, 0.1) is 12.6 Å². The third-order valence-electron chi connectivity index (χ3n) is 4.42. The minimum absolute atomic E-state index is 0. The van der Waals surface area contributed by atoms with Gasteiger partial charge in [0, 0.05) is 18.6 Å². The standard InChI is InChI=1S/C16H20F3N3O2.HI/c17-16(18,19)24-11-5-3-10(4-6-11)9-21-15(20)22-13-8-14-12(13)2-1-7-23-14;/h3-6,12-14H,1-2,7-9H2,(H3,20,21,22);1H. The van der Waals surface area contributed by atoms with Crippen LogP contribution in [0.4, 0.5) is 13.2 Å². The molecule has 25 heavy (non-hydrogen) atoms. The van der Waals surface area contributed by atoms with Crippen LogP contribution in [-0.2, 0) is 11.3 Å². The number of hydrogen-bond donors (Lipinski definition) is 2. The van der Waals surface area contributed by atoms with Crippen molar-refractivity contribution in [3.8, 4) is 5.75 Å². The third kappa shape index (κ3) is 5.63. The largest absolute Gasteiger partial charge is 0.573 e. The van der Waals surface area contributed by atoms with Gasteiger partial charge in [-0.1, -0.05) is 12.1 Å². The first-order chi connectivity index (χ1) is 11.4. The normalized spacial score (nSPS) is 26.0. The summed E-state index contributed by atoms with van der Waals surface area (Å²) in [5.41, 5.74) is 6.64. The van der Waals surface area contributed by atoms with Crippen LogP contribution >= 0.6 is 24.0 Å². The monoisotopic (exact) mass is 471 g/mol. The summed E-state index contributed by atoms with van der Waals surface area (Å²) in [5, 5.41) is 3.20. The molecule has 0 spiro atoms. The van der Waals surface area contributed by atoms with Crippen LogP contribution in [0.1, 0.15) is 24.8 Å². The Labute approximate surface area is 161 Å². The molecule has 9 heteroatoms. The van der Waals surface area contributed by atoms with Gasteiger partial charge in [0.15, 0.2) is 5.96 Å². The number of aliphatic imine (C=N–C) groups is 1. The first-order valence-corrected chi connectivity index (χ1v) is 7.93. The third-order valence-corrected chi connectivity index (χ3v) is 4.42. The van der Waals surface area contributed by atoms with E-state index in [4.69, 9.17) is 10.5 Å². The van der Waals surface area contributed by atoms with Crippen molar-refractivity contribution >= 4 is 29.9 Å². The number of alkyl halides is 3. The number of fused-ring (bicyclic) bond motifs is 1. The second-order valence-electron chi connectivity index (χ2n) is 6.10. The van der Waals surface area contributed by atoms with Gasteiger partial charge in [-0.15, -0.1) is 37.1 Å². The van der Waals surface area contributed by atoms with E-state index in [-0.39, 0.29) is 29.7 Å². The smallest absolute Gasteiger partial charge is 0.406 e. The molecule has 1 aliphatic carbocycles. The van der Waals surface area contributed by atoms with E-state index in [1.54, 1.807) is 0 Å². The SMILES string of the molecule is I.NC(=NCc1ccc(OC(F)(F)F)cc1)NC1CC2OCCCC12. The van der Waals surface area contributed by atoms with E-state index < -0.39 is 6.36 Å². The van der Waals surface area contributed by atoms with Crippen LogP contribution in [0.15, 0.2) is 29.3 Å². The summed E-state index contributed by atoms with van der Waals surface area (Å²) in [6.07, 6.45) is -1.20. The Balaban J connectivity index is 0.00000225. The maximum atomic E-state index is 12.1. The van der Waals surface area contributed by atoms with Crippen LogP contribution in [0, 0.1) is 5.92 Å². The van der Waals surface area contributed by atoms with Gasteiger partial charge in [-0.25, -0.2) is 4.99 Å². The molecule has 1 aromatic carbocycles. The van der Waals surface area contributed by atoms with Gasteiger partial charge in [-0.2, -0.15) is 0 Å². The van der Waals surface area contributed by atoms with Gasteiger partial charge in [0.25, 0.3) is 0 Å². The molecule has 1 saturated heterocycles. The number of guanidine groups is 1. The molecular weight excluding hydrogens is 450 g/mol. The summed E-state index contributed by atoms with van der Waals surface area (Å²) < 4.78 is 45.8. The number of halogens is 4. The van der Waals surface area contributed by atoms with Gasteiger partial charge in [0.1, 0.15) is 5.75 Å². The first kappa shape index (κ1) is 20.1. The van der Waals surface area contributed by atoms with Crippen LogP contribution in [0.3, 0.4) is 0 Å². The highest BCUT2D eigenvalue weighted by molar-refractivity contribution is 14.0. The lowest BCUT2D eigenvalue weighted by Crippen LogP contribution is -2.59. The second kappa shape index (κ2) is 8.43. The molecule has 3 N–H and O–H groups in total. The van der Waals surface area contributed by atoms with E-state index in [0.717, 1.165) is 31.4 Å². The predicted octanol–water partition coefficient (Wildman–Crippen LogP) is 3.18. The van der Waals surface area contributed by atoms with Crippen LogP contribution in [-0.4, -0.2) is 31.1 Å². The van der Waals surface area contributed by atoms with Crippen molar-refractivity contribution in [3.63, 3.8) is 0 Å². The van der Waals surface area contributed by atoms with Crippen LogP contribution in [0.5, 0.6) is 5.75 Å². The summed E-state index contributed by atoms with van der Waals surface area (Å²) >= 11 is 0. The van der Waals surface area contributed by atoms with Crippen molar-refractivity contribution in [3.05, 3.63) is 29.8 Å². The zero-order valence-corrected chi connectivity index (χ0v) is 15.8. The number of benzene rings is 1. The summed E-state index contributed by atoms with van der Waals surface area (Å²) in [6, 6.07) is 5.88. The maximum Gasteiger partial charge on any atom is 0.573 e. The molecule has 0 radical (unpaired) electrons. The fourth-order valence-corrected chi connectivity index (χ4v) is 3.17. The predicted molar refractivity (Wildman–Crippen MR) is 97.9 cm³/mol. The van der Waals surface area contributed by atoms with Gasteiger partial charge < -0.3 is 20.5 Å². The highest BCUT2D eigenvalue weighted by Crippen LogP contribution is 2.37. The maximum absolute atomic E-state index is 12.1. The molecule has 1 saturated carbocycles. The number of nitrogens with two attached hydrogens (primary N) is 1. The first-order valence-electron chi connectivity index (χ1n) is 7.93. The molecule has 0 bridgehead atoms. The molecule has 3 unspecified atom stereocenters. The molecule has 1 aliphatic heterocycles. The number of nitrogens with zero attached hydrogens (tertiary/aromatic N) is 1. The van der Waals surface area contributed by atoms with Crippen LogP contribution in [0.25, 0.3) is 0 Å². The lowest BCUT2D eigenvalue weighted by Gasteiger charge is -2.47. The summed E-state index contributed by atoms with van der Waals surface area (Å²) in [7, 11) is 0. The Morgan fingerprint density at radius 3 is 2.68 bits per heavy atom. The van der Waals surface area contributed by atoms with E-state index in [1.807, 2.05) is 0 Å². The van der Waals surface area contributed by atoms with E-state index >= 15 is 0 Å². The average Bonchev–Trinajstić information content (AvgIpc) is 2.50. The van der Waals surface area contributed by atoms with Crippen molar-refractivity contribution in [1.29, 1.82) is 0 Å². The average molecular weight is 471 g/mol. The van der Waals surface area contributed by atoms with Crippen molar-refractivity contribution in [2.75, 3.05) is 6.61 Å². The van der Waals surface area contributed by atoms with Crippen LogP contribution in [0.2, 0.25) is 0 Å². The fourth-order valence-electron chi connectivity index (χ4n) is 3.17. The summed E-state index contributed by atoms with van der Waals surface area (Å²) in [6.45, 7) is 1.13. The molecule has 1 aromatic rings. The van der Waals surface area contributed by atoms with E-state index in [2.05, 4.69) is 15.0 Å².